The Morgan fingerprint density at radius 2 is 1.22 bits per heavy atom. The van der Waals surface area contributed by atoms with E-state index >= 15 is 0 Å². The highest BCUT2D eigenvalue weighted by Crippen LogP contribution is 2.34. The Morgan fingerprint density at radius 1 is 0.500 bits per heavy atom. The van der Waals surface area contributed by atoms with Gasteiger partial charge in [-0.3, -0.25) is 0 Å². The molecule has 0 saturated carbocycles. The summed E-state index contributed by atoms with van der Waals surface area (Å²) in [4.78, 5) is 0. The molecule has 1 aliphatic carbocycles. The van der Waals surface area contributed by atoms with E-state index in [0.29, 0.717) is 0 Å². The summed E-state index contributed by atoms with van der Waals surface area (Å²) < 4.78 is 0. The zero-order chi connectivity index (χ0) is 21.3. The summed E-state index contributed by atoms with van der Waals surface area (Å²) in [6.07, 6.45) is 2.05. The lowest BCUT2D eigenvalue weighted by molar-refractivity contribution is 1.47. The highest BCUT2D eigenvalue weighted by molar-refractivity contribution is 5.98. The summed E-state index contributed by atoms with van der Waals surface area (Å²) in [5.74, 6) is 0. The normalized spacial score (nSPS) is 11.9. The lowest BCUT2D eigenvalue weighted by Crippen LogP contribution is -2.26. The van der Waals surface area contributed by atoms with Gasteiger partial charge in [-0.2, -0.15) is 0 Å². The summed E-state index contributed by atoms with van der Waals surface area (Å²) in [6.45, 7) is 0. The van der Waals surface area contributed by atoms with Gasteiger partial charge in [0.05, 0.1) is 0 Å². The zero-order valence-electron chi connectivity index (χ0n) is 17.5. The second kappa shape index (κ2) is 7.73. The third kappa shape index (κ3) is 3.22. The molecule has 0 spiro atoms. The van der Waals surface area contributed by atoms with Crippen LogP contribution in [0, 0.1) is 0 Å². The molecule has 6 rings (SSSR count). The Morgan fingerprint density at radius 3 is 2.16 bits per heavy atom. The lowest BCUT2D eigenvalue weighted by atomic mass is 9.90. The molecule has 0 fully saturated rings. The summed E-state index contributed by atoms with van der Waals surface area (Å²) >= 11 is 0. The molecule has 1 aliphatic rings. The topological polar surface area (TPSA) is 0 Å². The molecule has 32 heavy (non-hydrogen) atoms. The van der Waals surface area contributed by atoms with Gasteiger partial charge in [-0.05, 0) is 79.7 Å². The van der Waals surface area contributed by atoms with Crippen molar-refractivity contribution in [1.29, 1.82) is 0 Å². The van der Waals surface area contributed by atoms with E-state index in [9.17, 15) is 0 Å². The molecule has 0 aromatic heterocycles. The molecule has 148 valence electrons. The van der Waals surface area contributed by atoms with E-state index in [1.165, 1.54) is 49.4 Å². The minimum Gasteiger partial charge on any atom is -0.0689 e. The molecular weight excluding hydrogens is 384 g/mol. The third-order valence-corrected chi connectivity index (χ3v) is 6.09. The van der Waals surface area contributed by atoms with Crippen LogP contribution < -0.4 is 10.4 Å². The maximum Gasteiger partial charge on any atom is 0.0327 e. The van der Waals surface area contributed by atoms with E-state index in [-0.39, 0.29) is 0 Å². The van der Waals surface area contributed by atoms with Crippen molar-refractivity contribution in [1.82, 2.24) is 0 Å². The summed E-state index contributed by atoms with van der Waals surface area (Å²) in [5.41, 5.74) is 13.7. The van der Waals surface area contributed by atoms with Crippen molar-refractivity contribution in [3.8, 4) is 22.3 Å². The Labute approximate surface area is 187 Å². The number of benzene rings is 5. The van der Waals surface area contributed by atoms with Crippen LogP contribution >= 0.6 is 0 Å². The first-order chi connectivity index (χ1) is 15.9. The molecule has 0 aliphatic heterocycles. The predicted octanol–water partition coefficient (Wildman–Crippen LogP) is 6.48. The van der Waals surface area contributed by atoms with Crippen LogP contribution in [0.3, 0.4) is 0 Å². The largest absolute Gasteiger partial charge is 0.0689 e. The summed E-state index contributed by atoms with van der Waals surface area (Å²) in [7, 11) is 0. The van der Waals surface area contributed by atoms with E-state index in [4.69, 9.17) is 0 Å². The van der Waals surface area contributed by atoms with Gasteiger partial charge in [0.1, 0.15) is 0 Å². The standard InChI is InChI=1S/C32H20/c1-2-10-23(11-3-1)26-20-27(31-18-8-14-24-12-4-6-16-29(24)31)22-28(21-26)32-19-9-15-25-13-5-7-17-30(25)32/h1-8,10-14,16-22H. The van der Waals surface area contributed by atoms with Gasteiger partial charge in [0.25, 0.3) is 0 Å². The molecule has 5 aromatic carbocycles. The summed E-state index contributed by atoms with van der Waals surface area (Å²) in [6, 6.07) is 41.1. The maximum atomic E-state index is 3.25. The van der Waals surface area contributed by atoms with Gasteiger partial charge in [0, 0.05) is 5.22 Å². The van der Waals surface area contributed by atoms with Crippen molar-refractivity contribution in [3.63, 3.8) is 0 Å². The molecule has 0 bridgehead atoms. The molecule has 0 N–H and O–H groups in total. The van der Waals surface area contributed by atoms with Gasteiger partial charge >= 0.3 is 0 Å². The van der Waals surface area contributed by atoms with Crippen LogP contribution in [0.15, 0.2) is 127 Å². The van der Waals surface area contributed by atoms with Gasteiger partial charge in [-0.15, -0.1) is 0 Å². The summed E-state index contributed by atoms with van der Waals surface area (Å²) in [5, 5.41) is 4.80. The number of hydrogen-bond acceptors (Lipinski definition) is 0. The molecule has 0 nitrogen and oxygen atoms in total. The average molecular weight is 405 g/mol. The predicted molar refractivity (Wildman–Crippen MR) is 135 cm³/mol. The minimum atomic E-state index is 1.09. The number of rotatable bonds is 3. The van der Waals surface area contributed by atoms with Gasteiger partial charge in [-0.1, -0.05) is 102 Å². The van der Waals surface area contributed by atoms with Crippen molar-refractivity contribution in [2.45, 2.75) is 0 Å². The first kappa shape index (κ1) is 18.4. The van der Waals surface area contributed by atoms with Gasteiger partial charge < -0.3 is 0 Å². The minimum absolute atomic E-state index is 1.09. The van der Waals surface area contributed by atoms with E-state index in [2.05, 4.69) is 133 Å². The van der Waals surface area contributed by atoms with E-state index in [1.54, 1.807) is 0 Å². The van der Waals surface area contributed by atoms with E-state index in [0.717, 1.165) is 5.22 Å². The second-order valence-electron chi connectivity index (χ2n) is 8.06. The van der Waals surface area contributed by atoms with Gasteiger partial charge in [-0.25, -0.2) is 0 Å². The average Bonchev–Trinajstić information content (AvgIpc) is 2.88. The molecule has 0 amide bonds. The van der Waals surface area contributed by atoms with Crippen LogP contribution in [0.5, 0.6) is 0 Å². The number of allylic oxidation sites excluding steroid dienone is 1. The fraction of sp³-hybridized carbons (Fsp3) is 0. The lowest BCUT2D eigenvalue weighted by Gasteiger charge is -2.14. The smallest absolute Gasteiger partial charge is 0.0327 e. The number of fused-ring (bicyclic) bond motifs is 2. The Bertz CT molecular complexity index is 1670. The highest BCUT2D eigenvalue weighted by atomic mass is 14.1. The quantitative estimate of drug-likeness (QED) is 0.302. The third-order valence-electron chi connectivity index (χ3n) is 6.09. The first-order valence-corrected chi connectivity index (χ1v) is 10.9. The molecule has 0 radical (unpaired) electrons. The fourth-order valence-corrected chi connectivity index (χ4v) is 4.54. The van der Waals surface area contributed by atoms with Crippen LogP contribution in [0.2, 0.25) is 0 Å². The molecule has 0 heteroatoms. The molecule has 0 heterocycles. The fourth-order valence-electron chi connectivity index (χ4n) is 4.54. The van der Waals surface area contributed by atoms with Crippen LogP contribution in [-0.4, -0.2) is 0 Å². The van der Waals surface area contributed by atoms with Gasteiger partial charge in [0.15, 0.2) is 0 Å². The molecule has 0 atom stereocenters. The van der Waals surface area contributed by atoms with Crippen LogP contribution in [0.1, 0.15) is 5.56 Å². The highest BCUT2D eigenvalue weighted by Gasteiger charge is 2.11. The van der Waals surface area contributed by atoms with E-state index in [1.807, 2.05) is 0 Å². The Hall–Kier alpha value is -4.34. The SMILES string of the molecule is C1=C=c2ccccc2=C(c2cc(-c3ccccc3)cc(-c3cccc4ccccc34)c2)C=1. The Balaban J connectivity index is 1.67. The van der Waals surface area contributed by atoms with Crippen LogP contribution in [0.25, 0.3) is 44.3 Å². The van der Waals surface area contributed by atoms with Crippen molar-refractivity contribution >= 4 is 22.1 Å². The monoisotopic (exact) mass is 404 g/mol. The first-order valence-electron chi connectivity index (χ1n) is 10.9. The van der Waals surface area contributed by atoms with Crippen molar-refractivity contribution in [2.75, 3.05) is 0 Å². The zero-order valence-corrected chi connectivity index (χ0v) is 17.5. The van der Waals surface area contributed by atoms with Crippen molar-refractivity contribution in [2.24, 2.45) is 0 Å². The van der Waals surface area contributed by atoms with Gasteiger partial charge in [0.2, 0.25) is 0 Å². The Kier molecular flexibility index (Phi) is 4.45. The van der Waals surface area contributed by atoms with Crippen LogP contribution in [0.4, 0.5) is 0 Å². The number of hydrogen-bond donors (Lipinski definition) is 0. The van der Waals surface area contributed by atoms with Crippen molar-refractivity contribution in [3.05, 3.63) is 143 Å². The van der Waals surface area contributed by atoms with Crippen LogP contribution in [-0.2, 0) is 0 Å². The molecule has 0 unspecified atom stereocenters. The molecule has 0 saturated heterocycles. The maximum absolute atomic E-state index is 3.25. The van der Waals surface area contributed by atoms with E-state index < -0.39 is 0 Å². The molecule has 5 aromatic rings. The van der Waals surface area contributed by atoms with Crippen molar-refractivity contribution < 1.29 is 0 Å². The second-order valence-corrected chi connectivity index (χ2v) is 8.06. The molecular formula is C32H20.